The first kappa shape index (κ1) is 17.4. The van der Waals surface area contributed by atoms with Crippen LogP contribution in [0.15, 0.2) is 18.3 Å². The summed E-state index contributed by atoms with van der Waals surface area (Å²) in [5.41, 5.74) is 3.79. The molecule has 5 nitrogen and oxygen atoms in total. The van der Waals surface area contributed by atoms with Gasteiger partial charge in [-0.3, -0.25) is 9.69 Å². The highest BCUT2D eigenvalue weighted by Gasteiger charge is 2.44. The molecule has 0 unspecified atom stereocenters. The van der Waals surface area contributed by atoms with Gasteiger partial charge in [0.1, 0.15) is 5.75 Å². The number of methoxy groups -OCH3 is 1. The van der Waals surface area contributed by atoms with Gasteiger partial charge in [-0.1, -0.05) is 0 Å². The fourth-order valence-electron chi connectivity index (χ4n) is 5.08. The van der Waals surface area contributed by atoms with Crippen LogP contribution in [0.4, 0.5) is 0 Å². The molecule has 1 amide bonds. The van der Waals surface area contributed by atoms with Crippen LogP contribution in [0.25, 0.3) is 10.9 Å². The number of rotatable bonds is 3. The van der Waals surface area contributed by atoms with Gasteiger partial charge in [-0.05, 0) is 50.3 Å². The molecule has 0 aliphatic carbocycles. The zero-order valence-electron chi connectivity index (χ0n) is 16.1. The van der Waals surface area contributed by atoms with Crippen molar-refractivity contribution in [3.05, 3.63) is 29.5 Å². The number of ether oxygens (including phenoxy) is 1. The van der Waals surface area contributed by atoms with Gasteiger partial charge in [-0.2, -0.15) is 0 Å². The molecule has 2 fully saturated rings. The lowest BCUT2D eigenvalue weighted by Crippen LogP contribution is -2.53. The summed E-state index contributed by atoms with van der Waals surface area (Å²) in [5.74, 6) is 1.21. The molecule has 1 N–H and O–H groups in total. The number of aromatic amines is 1. The van der Waals surface area contributed by atoms with Crippen LogP contribution in [0.1, 0.15) is 43.7 Å². The molecule has 2 saturated heterocycles. The van der Waals surface area contributed by atoms with Gasteiger partial charge in [0.2, 0.25) is 5.91 Å². The number of aromatic nitrogens is 1. The molecule has 0 saturated carbocycles. The molecule has 0 atom stereocenters. The van der Waals surface area contributed by atoms with Crippen molar-refractivity contribution < 1.29 is 9.53 Å². The first-order chi connectivity index (χ1) is 12.5. The summed E-state index contributed by atoms with van der Waals surface area (Å²) in [7, 11) is 1.76. The van der Waals surface area contributed by atoms with Gasteiger partial charge in [0.25, 0.3) is 0 Å². The third-order valence-electron chi connectivity index (χ3n) is 6.48. The summed E-state index contributed by atoms with van der Waals surface area (Å²) in [4.78, 5) is 20.0. The summed E-state index contributed by atoms with van der Waals surface area (Å²) in [5, 5.41) is 1.26. The quantitative estimate of drug-likeness (QED) is 0.917. The fourth-order valence-corrected chi connectivity index (χ4v) is 5.08. The average molecular weight is 355 g/mol. The van der Waals surface area contributed by atoms with Crippen LogP contribution in [0.2, 0.25) is 0 Å². The van der Waals surface area contributed by atoms with Crippen LogP contribution in [0.5, 0.6) is 5.75 Å². The van der Waals surface area contributed by atoms with E-state index in [9.17, 15) is 4.79 Å². The Morgan fingerprint density at radius 3 is 2.73 bits per heavy atom. The van der Waals surface area contributed by atoms with Crippen molar-refractivity contribution in [3.63, 3.8) is 0 Å². The lowest BCUT2D eigenvalue weighted by atomic mass is 9.84. The number of carbonyl (C=O) groups excluding carboxylic acids is 1. The average Bonchev–Trinajstić information content (AvgIpc) is 3.27. The zero-order valence-corrected chi connectivity index (χ0v) is 16.1. The third kappa shape index (κ3) is 2.78. The minimum atomic E-state index is 0.114. The maximum atomic E-state index is 12.0. The Balaban J connectivity index is 1.54. The summed E-state index contributed by atoms with van der Waals surface area (Å²) < 4.78 is 5.69. The van der Waals surface area contributed by atoms with Crippen molar-refractivity contribution >= 4 is 16.8 Å². The van der Waals surface area contributed by atoms with E-state index in [4.69, 9.17) is 4.74 Å². The molecule has 140 valence electrons. The number of fused-ring (bicyclic) bond motifs is 1. The number of hydrogen-bond acceptors (Lipinski definition) is 3. The van der Waals surface area contributed by atoms with Crippen molar-refractivity contribution in [1.82, 2.24) is 14.8 Å². The molecule has 2 aliphatic rings. The number of H-pyrrole nitrogens is 1. The lowest BCUT2D eigenvalue weighted by molar-refractivity contribution is -0.134. The number of nitrogens with one attached hydrogen (secondary N) is 1. The van der Waals surface area contributed by atoms with Gasteiger partial charge in [-0.15, -0.1) is 0 Å². The Kier molecular flexibility index (Phi) is 4.43. The molecular weight excluding hydrogens is 326 g/mol. The van der Waals surface area contributed by atoms with Crippen LogP contribution in [-0.2, 0) is 11.3 Å². The number of likely N-dealkylation sites (tertiary alicyclic amines) is 2. The fraction of sp³-hybridized carbons (Fsp3) is 0.571. The molecule has 1 spiro atoms. The van der Waals surface area contributed by atoms with E-state index >= 15 is 0 Å². The normalized spacial score (nSPS) is 20.2. The van der Waals surface area contributed by atoms with Gasteiger partial charge in [-0.25, -0.2) is 0 Å². The van der Waals surface area contributed by atoms with E-state index in [1.165, 1.54) is 22.0 Å². The molecule has 3 heterocycles. The largest absolute Gasteiger partial charge is 0.496 e. The van der Waals surface area contributed by atoms with E-state index in [0.29, 0.717) is 0 Å². The maximum Gasteiger partial charge on any atom is 0.219 e. The maximum absolute atomic E-state index is 12.0. The molecule has 5 heteroatoms. The predicted octanol–water partition coefficient (Wildman–Crippen LogP) is 3.46. The van der Waals surface area contributed by atoms with Crippen molar-refractivity contribution in [2.75, 3.05) is 26.7 Å². The molecule has 1 aromatic carbocycles. The number of aryl methyl sites for hydroxylation is 1. The number of amides is 1. The van der Waals surface area contributed by atoms with Crippen molar-refractivity contribution in [3.8, 4) is 5.75 Å². The molecule has 0 bridgehead atoms. The number of benzene rings is 1. The molecule has 0 radical (unpaired) electrons. The summed E-state index contributed by atoms with van der Waals surface area (Å²) >= 11 is 0. The Labute approximate surface area is 155 Å². The number of nitrogens with zero attached hydrogens (tertiary/aromatic N) is 2. The minimum absolute atomic E-state index is 0.114. The molecule has 26 heavy (non-hydrogen) atoms. The molecule has 2 aliphatic heterocycles. The monoisotopic (exact) mass is 355 g/mol. The molecule has 2 aromatic rings. The van der Waals surface area contributed by atoms with Crippen molar-refractivity contribution in [2.24, 2.45) is 0 Å². The second kappa shape index (κ2) is 6.62. The zero-order chi connectivity index (χ0) is 18.3. The molecular formula is C21H29N3O2. The van der Waals surface area contributed by atoms with Crippen LogP contribution in [0, 0.1) is 6.92 Å². The highest BCUT2D eigenvalue weighted by Crippen LogP contribution is 2.39. The van der Waals surface area contributed by atoms with Crippen molar-refractivity contribution in [2.45, 2.75) is 51.6 Å². The highest BCUT2D eigenvalue weighted by molar-refractivity contribution is 5.88. The first-order valence-electron chi connectivity index (χ1n) is 9.68. The SMILES string of the molecule is COc1cc(C)c2[nH]ccc2c1CN1CCC2(CCCN2C(C)=O)CC1. The summed E-state index contributed by atoms with van der Waals surface area (Å²) in [6.07, 6.45) is 6.48. The first-order valence-corrected chi connectivity index (χ1v) is 9.68. The second-order valence-electron chi connectivity index (χ2n) is 7.92. The van der Waals surface area contributed by atoms with E-state index < -0.39 is 0 Å². The topological polar surface area (TPSA) is 48.6 Å². The Bertz CT molecular complexity index is 818. The number of piperidine rings is 1. The van der Waals surface area contributed by atoms with E-state index in [0.717, 1.165) is 57.6 Å². The summed E-state index contributed by atoms with van der Waals surface area (Å²) in [6, 6.07) is 4.29. The van der Waals surface area contributed by atoms with Crippen LogP contribution < -0.4 is 4.74 Å². The summed E-state index contributed by atoms with van der Waals surface area (Å²) in [6.45, 7) is 7.74. The third-order valence-corrected chi connectivity index (χ3v) is 6.48. The van der Waals surface area contributed by atoms with Gasteiger partial charge in [0.05, 0.1) is 7.11 Å². The van der Waals surface area contributed by atoms with Gasteiger partial charge < -0.3 is 14.6 Å². The van der Waals surface area contributed by atoms with E-state index in [2.05, 4.69) is 33.8 Å². The van der Waals surface area contributed by atoms with E-state index in [-0.39, 0.29) is 11.4 Å². The highest BCUT2D eigenvalue weighted by atomic mass is 16.5. The van der Waals surface area contributed by atoms with E-state index in [1.54, 1.807) is 14.0 Å². The number of hydrogen-bond donors (Lipinski definition) is 1. The van der Waals surface area contributed by atoms with Crippen LogP contribution in [-0.4, -0.2) is 53.0 Å². The van der Waals surface area contributed by atoms with E-state index in [1.807, 2.05) is 6.20 Å². The lowest BCUT2D eigenvalue weighted by Gasteiger charge is -2.45. The Hall–Kier alpha value is -2.01. The second-order valence-corrected chi connectivity index (χ2v) is 7.92. The standard InChI is InChI=1S/C21H29N3O2/c1-15-13-19(26-3)18(17-5-9-22-20(15)17)14-23-11-7-21(8-12-23)6-4-10-24(21)16(2)25/h5,9,13,22H,4,6-8,10-12,14H2,1-3H3. The molecule has 4 rings (SSSR count). The minimum Gasteiger partial charge on any atom is -0.496 e. The van der Waals surface area contributed by atoms with Gasteiger partial charge in [0.15, 0.2) is 0 Å². The van der Waals surface area contributed by atoms with Gasteiger partial charge >= 0.3 is 0 Å². The smallest absolute Gasteiger partial charge is 0.219 e. The predicted molar refractivity (Wildman–Crippen MR) is 103 cm³/mol. The van der Waals surface area contributed by atoms with Gasteiger partial charge in [0, 0.05) is 61.3 Å². The van der Waals surface area contributed by atoms with Crippen LogP contribution >= 0.6 is 0 Å². The Morgan fingerprint density at radius 2 is 2.04 bits per heavy atom. The number of carbonyl (C=O) groups is 1. The Morgan fingerprint density at radius 1 is 1.27 bits per heavy atom. The van der Waals surface area contributed by atoms with Crippen molar-refractivity contribution in [1.29, 1.82) is 0 Å². The molecule has 1 aromatic heterocycles. The van der Waals surface area contributed by atoms with Crippen LogP contribution in [0.3, 0.4) is 0 Å².